The summed E-state index contributed by atoms with van der Waals surface area (Å²) in [4.78, 5) is 24.6. The van der Waals surface area contributed by atoms with Crippen LogP contribution in [0.5, 0.6) is 0 Å². The van der Waals surface area contributed by atoms with E-state index in [-0.39, 0.29) is 11.6 Å². The fourth-order valence-electron chi connectivity index (χ4n) is 2.67. The van der Waals surface area contributed by atoms with E-state index < -0.39 is 12.0 Å². The number of aliphatic hydroxyl groups excluding tert-OH is 1. The minimum absolute atomic E-state index is 0.156. The van der Waals surface area contributed by atoms with Crippen LogP contribution in [0.2, 0.25) is 0 Å². The lowest BCUT2D eigenvalue weighted by Gasteiger charge is -2.27. The Morgan fingerprint density at radius 2 is 1.35 bits per heavy atom. The number of ketones is 2. The molecule has 0 amide bonds. The fourth-order valence-corrected chi connectivity index (χ4v) is 2.67. The van der Waals surface area contributed by atoms with Gasteiger partial charge in [-0.15, -0.1) is 0 Å². The molecule has 3 heteroatoms. The van der Waals surface area contributed by atoms with Crippen LogP contribution in [-0.2, 0) is 6.42 Å². The summed E-state index contributed by atoms with van der Waals surface area (Å²) in [5, 5.41) is 10.1. The van der Waals surface area contributed by atoms with Crippen LogP contribution >= 0.6 is 0 Å². The highest BCUT2D eigenvalue weighted by Gasteiger charge is 2.39. The predicted octanol–water partition coefficient (Wildman–Crippen LogP) is 2.29. The lowest BCUT2D eigenvalue weighted by molar-refractivity contribution is 0.0501. The number of hydrogen-bond acceptors (Lipinski definition) is 3. The van der Waals surface area contributed by atoms with Gasteiger partial charge < -0.3 is 5.11 Å². The van der Waals surface area contributed by atoms with Gasteiger partial charge in [0.15, 0.2) is 11.6 Å². The number of carbonyl (C=O) groups is 2. The summed E-state index contributed by atoms with van der Waals surface area (Å²) in [6.07, 6.45) is -0.876. The molecule has 1 aliphatic carbocycles. The maximum Gasteiger partial charge on any atom is 0.192 e. The fraction of sp³-hybridized carbons (Fsp3) is 0.176. The van der Waals surface area contributed by atoms with Gasteiger partial charge in [0.05, 0.1) is 5.92 Å². The lowest BCUT2D eigenvalue weighted by Crippen LogP contribution is -2.41. The quantitative estimate of drug-likeness (QED) is 0.907. The van der Waals surface area contributed by atoms with Crippen LogP contribution in [0.15, 0.2) is 54.6 Å². The zero-order chi connectivity index (χ0) is 14.1. The first-order valence-electron chi connectivity index (χ1n) is 6.58. The first-order valence-corrected chi connectivity index (χ1v) is 6.58. The van der Waals surface area contributed by atoms with Gasteiger partial charge in [-0.2, -0.15) is 0 Å². The molecule has 0 spiro atoms. The molecule has 1 N–H and O–H groups in total. The Labute approximate surface area is 116 Å². The highest BCUT2D eigenvalue weighted by molar-refractivity contribution is 6.17. The van der Waals surface area contributed by atoms with Gasteiger partial charge in [0, 0.05) is 11.1 Å². The monoisotopic (exact) mass is 266 g/mol. The third kappa shape index (κ3) is 2.06. The molecule has 2 aromatic carbocycles. The van der Waals surface area contributed by atoms with Crippen LogP contribution in [0.3, 0.4) is 0 Å². The molecular formula is C17H14O3. The Morgan fingerprint density at radius 3 is 2.00 bits per heavy atom. The molecule has 20 heavy (non-hydrogen) atoms. The van der Waals surface area contributed by atoms with Crippen LogP contribution in [0.25, 0.3) is 0 Å². The molecule has 3 rings (SSSR count). The van der Waals surface area contributed by atoms with Crippen molar-refractivity contribution in [3.63, 3.8) is 0 Å². The van der Waals surface area contributed by atoms with Crippen molar-refractivity contribution < 1.29 is 14.7 Å². The first-order chi connectivity index (χ1) is 9.68. The third-order valence-corrected chi connectivity index (χ3v) is 3.74. The van der Waals surface area contributed by atoms with Crippen molar-refractivity contribution in [3.8, 4) is 0 Å². The van der Waals surface area contributed by atoms with E-state index in [1.54, 1.807) is 24.3 Å². The molecule has 0 heterocycles. The summed E-state index contributed by atoms with van der Waals surface area (Å²) in [7, 11) is 0. The SMILES string of the molecule is O=C1c2ccccc2C(=O)C(Cc2ccccc2)C1O. The zero-order valence-corrected chi connectivity index (χ0v) is 10.8. The van der Waals surface area contributed by atoms with Gasteiger partial charge in [0.2, 0.25) is 0 Å². The molecule has 100 valence electrons. The molecule has 0 saturated carbocycles. The number of rotatable bonds is 2. The van der Waals surface area contributed by atoms with Gasteiger partial charge in [0.25, 0.3) is 0 Å². The van der Waals surface area contributed by atoms with Crippen LogP contribution in [0.1, 0.15) is 26.3 Å². The molecule has 0 aromatic heterocycles. The van der Waals surface area contributed by atoms with Gasteiger partial charge in [-0.25, -0.2) is 0 Å². The van der Waals surface area contributed by atoms with Gasteiger partial charge in [-0.1, -0.05) is 54.6 Å². The number of Topliss-reactive ketones (excluding diaryl/α,β-unsaturated/α-hetero) is 2. The van der Waals surface area contributed by atoms with E-state index in [2.05, 4.69) is 0 Å². The summed E-state index contributed by atoms with van der Waals surface area (Å²) in [6.45, 7) is 0. The third-order valence-electron chi connectivity index (χ3n) is 3.74. The van der Waals surface area contributed by atoms with Crippen LogP contribution in [-0.4, -0.2) is 22.8 Å². The van der Waals surface area contributed by atoms with Gasteiger partial charge in [0.1, 0.15) is 6.10 Å². The van der Waals surface area contributed by atoms with E-state index in [0.29, 0.717) is 17.5 Å². The molecule has 2 atom stereocenters. The van der Waals surface area contributed by atoms with Crippen molar-refractivity contribution in [2.24, 2.45) is 5.92 Å². The Balaban J connectivity index is 1.97. The van der Waals surface area contributed by atoms with Gasteiger partial charge in [-0.05, 0) is 12.0 Å². The van der Waals surface area contributed by atoms with Gasteiger partial charge in [-0.3, -0.25) is 9.59 Å². The minimum atomic E-state index is -1.25. The summed E-state index contributed by atoms with van der Waals surface area (Å²) >= 11 is 0. The standard InChI is InChI=1S/C17H14O3/c18-15-12-8-4-5-9-13(12)16(19)17(20)14(15)10-11-6-2-1-3-7-11/h1-9,14,17,20H,10H2. The normalized spacial score (nSPS) is 21.6. The number of carbonyl (C=O) groups excluding carboxylic acids is 2. The smallest absolute Gasteiger partial charge is 0.192 e. The molecule has 0 saturated heterocycles. The van der Waals surface area contributed by atoms with Crippen molar-refractivity contribution in [1.82, 2.24) is 0 Å². The van der Waals surface area contributed by atoms with Crippen LogP contribution in [0.4, 0.5) is 0 Å². The summed E-state index contributed by atoms with van der Waals surface area (Å²) < 4.78 is 0. The van der Waals surface area contributed by atoms with Crippen molar-refractivity contribution in [1.29, 1.82) is 0 Å². The maximum absolute atomic E-state index is 12.5. The topological polar surface area (TPSA) is 54.4 Å². The summed E-state index contributed by atoms with van der Waals surface area (Å²) in [5.74, 6) is -1.21. The molecule has 0 bridgehead atoms. The Hall–Kier alpha value is -2.26. The zero-order valence-electron chi connectivity index (χ0n) is 10.8. The molecular weight excluding hydrogens is 252 g/mol. The average Bonchev–Trinajstić information content (AvgIpc) is 2.50. The van der Waals surface area contributed by atoms with Crippen molar-refractivity contribution in [2.45, 2.75) is 12.5 Å². The van der Waals surface area contributed by atoms with E-state index in [4.69, 9.17) is 0 Å². The highest BCUT2D eigenvalue weighted by atomic mass is 16.3. The van der Waals surface area contributed by atoms with Gasteiger partial charge >= 0.3 is 0 Å². The van der Waals surface area contributed by atoms with Crippen LogP contribution in [0, 0.1) is 5.92 Å². The molecule has 0 radical (unpaired) electrons. The molecule has 1 aliphatic rings. The highest BCUT2D eigenvalue weighted by Crippen LogP contribution is 2.28. The molecule has 0 aliphatic heterocycles. The average molecular weight is 266 g/mol. The molecule has 3 nitrogen and oxygen atoms in total. The second kappa shape index (κ2) is 5.02. The lowest BCUT2D eigenvalue weighted by atomic mass is 9.77. The minimum Gasteiger partial charge on any atom is -0.384 e. The van der Waals surface area contributed by atoms with E-state index in [1.807, 2.05) is 30.3 Å². The number of aliphatic hydroxyl groups is 1. The summed E-state index contributed by atoms with van der Waals surface area (Å²) in [5.41, 5.74) is 1.69. The van der Waals surface area contributed by atoms with Crippen molar-refractivity contribution in [3.05, 3.63) is 71.3 Å². The Morgan fingerprint density at radius 1 is 0.800 bits per heavy atom. The van der Waals surface area contributed by atoms with Crippen molar-refractivity contribution >= 4 is 11.6 Å². The van der Waals surface area contributed by atoms with Crippen LogP contribution < -0.4 is 0 Å². The Kier molecular flexibility index (Phi) is 3.20. The molecule has 2 aromatic rings. The van der Waals surface area contributed by atoms with E-state index >= 15 is 0 Å². The van der Waals surface area contributed by atoms with Crippen molar-refractivity contribution in [2.75, 3.05) is 0 Å². The second-order valence-corrected chi connectivity index (χ2v) is 5.02. The molecule has 0 fully saturated rings. The van der Waals surface area contributed by atoms with E-state index in [0.717, 1.165) is 5.56 Å². The number of fused-ring (bicyclic) bond motifs is 1. The maximum atomic E-state index is 12.5. The largest absolute Gasteiger partial charge is 0.384 e. The number of benzene rings is 2. The Bertz CT molecular complexity index is 661. The summed E-state index contributed by atoms with van der Waals surface area (Å²) in [6, 6.07) is 16.1. The van der Waals surface area contributed by atoms with E-state index in [9.17, 15) is 14.7 Å². The molecule has 2 unspecified atom stereocenters. The second-order valence-electron chi connectivity index (χ2n) is 5.02. The van der Waals surface area contributed by atoms with E-state index in [1.165, 1.54) is 0 Å². The number of hydrogen-bond donors (Lipinski definition) is 1. The predicted molar refractivity (Wildman–Crippen MR) is 74.7 cm³/mol. The first kappa shape index (κ1) is 12.8.